The molecule has 0 heterocycles. The zero-order chi connectivity index (χ0) is 23.7. The van der Waals surface area contributed by atoms with E-state index in [1.54, 1.807) is 6.08 Å². The number of ketones is 2. The van der Waals surface area contributed by atoms with Crippen LogP contribution >= 0.6 is 0 Å². The van der Waals surface area contributed by atoms with Crippen molar-refractivity contribution in [2.45, 2.75) is 91.8 Å². The lowest BCUT2D eigenvalue weighted by molar-refractivity contribution is -0.133. The van der Waals surface area contributed by atoms with Crippen LogP contribution in [0.1, 0.15) is 73.6 Å². The van der Waals surface area contributed by atoms with Crippen LogP contribution in [0.5, 0.6) is 0 Å². The molecule has 4 aliphatic carbocycles. The number of Topliss-reactive ketones (excluding diaryl/α,β-unsaturated/α-hetero) is 1. The van der Waals surface area contributed by atoms with E-state index in [4.69, 9.17) is 4.43 Å². The molecule has 0 aromatic carbocycles. The summed E-state index contributed by atoms with van der Waals surface area (Å²) in [5.74, 6) is 2.88. The Morgan fingerprint density at radius 2 is 1.88 bits per heavy atom. The minimum Gasteiger partial charge on any atom is -0.410 e. The van der Waals surface area contributed by atoms with E-state index in [2.05, 4.69) is 60.7 Å². The number of carbonyl (C=O) groups excluding carboxylic acids is 2. The van der Waals surface area contributed by atoms with Gasteiger partial charge in [-0.3, -0.25) is 9.59 Å². The first kappa shape index (κ1) is 24.1. The average molecular weight is 457 g/mol. The van der Waals surface area contributed by atoms with E-state index in [9.17, 15) is 9.59 Å². The number of hydrogen-bond donors (Lipinski definition) is 0. The number of rotatable bonds is 4. The van der Waals surface area contributed by atoms with E-state index in [0.717, 1.165) is 25.7 Å². The summed E-state index contributed by atoms with van der Waals surface area (Å²) in [6, 6.07) is 0. The van der Waals surface area contributed by atoms with Crippen LogP contribution in [0.25, 0.3) is 0 Å². The van der Waals surface area contributed by atoms with Crippen LogP contribution in [0, 0.1) is 40.4 Å². The lowest BCUT2D eigenvalue weighted by Gasteiger charge is -2.57. The summed E-state index contributed by atoms with van der Waals surface area (Å²) in [4.78, 5) is 25.6. The second-order valence-corrected chi connectivity index (χ2v) is 18.2. The summed E-state index contributed by atoms with van der Waals surface area (Å²) in [5.41, 5.74) is 1.45. The van der Waals surface area contributed by atoms with Crippen molar-refractivity contribution in [3.63, 3.8) is 0 Å². The minimum atomic E-state index is -1.93. The maximum Gasteiger partial charge on any atom is 0.192 e. The molecule has 0 aromatic rings. The molecule has 0 saturated heterocycles. The van der Waals surface area contributed by atoms with Gasteiger partial charge in [-0.25, -0.2) is 0 Å². The first-order valence-corrected chi connectivity index (χ1v) is 15.7. The molecule has 4 heteroatoms. The quantitative estimate of drug-likeness (QED) is 0.440. The molecule has 0 N–H and O–H groups in total. The maximum absolute atomic E-state index is 13.6. The number of allylic oxidation sites excluding steroid dienone is 4. The second kappa shape index (κ2) is 7.76. The Hall–Kier alpha value is -1.00. The molecule has 178 valence electrons. The highest BCUT2D eigenvalue weighted by Crippen LogP contribution is 2.67. The van der Waals surface area contributed by atoms with Crippen molar-refractivity contribution in [1.82, 2.24) is 0 Å². The minimum absolute atomic E-state index is 0.0228. The predicted octanol–water partition coefficient (Wildman–Crippen LogP) is 6.75. The second-order valence-electron chi connectivity index (χ2n) is 13.4. The van der Waals surface area contributed by atoms with Crippen LogP contribution in [-0.2, 0) is 14.0 Å². The Kier molecular flexibility index (Phi) is 5.85. The van der Waals surface area contributed by atoms with E-state index in [0.29, 0.717) is 29.5 Å². The monoisotopic (exact) mass is 456 g/mol. The smallest absolute Gasteiger partial charge is 0.192 e. The highest BCUT2D eigenvalue weighted by Gasteiger charge is 2.61. The summed E-state index contributed by atoms with van der Waals surface area (Å²) >= 11 is 0. The first-order chi connectivity index (χ1) is 14.7. The van der Waals surface area contributed by atoms with E-state index in [1.165, 1.54) is 12.0 Å². The molecular weight excluding hydrogens is 412 g/mol. The van der Waals surface area contributed by atoms with Crippen molar-refractivity contribution < 1.29 is 14.0 Å². The number of fused-ring (bicyclic) bond motifs is 5. The van der Waals surface area contributed by atoms with Crippen molar-refractivity contribution in [2.24, 2.45) is 40.4 Å². The zero-order valence-electron chi connectivity index (χ0n) is 21.6. The van der Waals surface area contributed by atoms with Crippen LogP contribution < -0.4 is 0 Å². The van der Waals surface area contributed by atoms with Gasteiger partial charge in [0.1, 0.15) is 0 Å². The van der Waals surface area contributed by atoms with Gasteiger partial charge in [0.25, 0.3) is 0 Å². The molecule has 4 rings (SSSR count). The largest absolute Gasteiger partial charge is 0.410 e. The van der Waals surface area contributed by atoms with E-state index >= 15 is 0 Å². The zero-order valence-corrected chi connectivity index (χ0v) is 22.6. The Labute approximate surface area is 196 Å². The third-order valence-electron chi connectivity index (χ3n) is 10.6. The molecule has 7 atom stereocenters. The van der Waals surface area contributed by atoms with Gasteiger partial charge < -0.3 is 4.43 Å². The van der Waals surface area contributed by atoms with Crippen LogP contribution in [0.15, 0.2) is 23.8 Å². The fourth-order valence-corrected chi connectivity index (χ4v) is 8.74. The van der Waals surface area contributed by atoms with Crippen LogP contribution in [0.3, 0.4) is 0 Å². The third-order valence-corrected chi connectivity index (χ3v) is 15.1. The van der Waals surface area contributed by atoms with Crippen LogP contribution in [0.2, 0.25) is 18.1 Å². The van der Waals surface area contributed by atoms with Gasteiger partial charge in [-0.05, 0) is 91.5 Å². The number of hydrogen-bond acceptors (Lipinski definition) is 3. The molecule has 0 aliphatic heterocycles. The van der Waals surface area contributed by atoms with Crippen molar-refractivity contribution in [3.05, 3.63) is 23.8 Å². The Morgan fingerprint density at radius 3 is 2.53 bits per heavy atom. The third kappa shape index (κ3) is 3.64. The van der Waals surface area contributed by atoms with Gasteiger partial charge in [0, 0.05) is 11.3 Å². The van der Waals surface area contributed by atoms with Gasteiger partial charge in [0.15, 0.2) is 19.9 Å². The van der Waals surface area contributed by atoms with Gasteiger partial charge in [-0.1, -0.05) is 53.2 Å². The van der Waals surface area contributed by atoms with Gasteiger partial charge in [0.05, 0.1) is 6.61 Å². The normalized spacial score (nSPS) is 41.6. The van der Waals surface area contributed by atoms with Crippen molar-refractivity contribution in [2.75, 3.05) is 6.61 Å². The fourth-order valence-electron chi connectivity index (χ4n) is 7.81. The van der Waals surface area contributed by atoms with Gasteiger partial charge >= 0.3 is 0 Å². The molecule has 32 heavy (non-hydrogen) atoms. The summed E-state index contributed by atoms with van der Waals surface area (Å²) in [6.45, 7) is 18.6. The molecule has 4 aliphatic rings. The standard InChI is InChI=1S/C28H44O3Si/c1-18-15-23-21-10-9-19-16-20(29)11-13-27(19,5)22(21)12-14-28(23,6)25(18)24(30)17-31-32(7,8)26(2,3)4/h11,13,16,18,21-23,25H,9-10,12,14-15,17H2,1-8H3/t18-,21-,22+,23+,25-,27+,28+/m1/s1. The number of carbonyl (C=O) groups is 2. The van der Waals surface area contributed by atoms with E-state index < -0.39 is 8.32 Å². The molecule has 3 nitrogen and oxygen atoms in total. The Balaban J connectivity index is 1.54. The Bertz CT molecular complexity index is 862. The summed E-state index contributed by atoms with van der Waals surface area (Å²) in [5, 5.41) is 0.122. The van der Waals surface area contributed by atoms with E-state index in [-0.39, 0.29) is 34.2 Å². The first-order valence-electron chi connectivity index (χ1n) is 12.8. The highest BCUT2D eigenvalue weighted by atomic mass is 28.4. The lowest BCUT2D eigenvalue weighted by Crippen LogP contribution is -2.51. The predicted molar refractivity (Wildman–Crippen MR) is 133 cm³/mol. The molecule has 0 unspecified atom stereocenters. The van der Waals surface area contributed by atoms with Crippen molar-refractivity contribution >= 4 is 19.9 Å². The Morgan fingerprint density at radius 1 is 1.19 bits per heavy atom. The molecular formula is C28H44O3Si. The molecule has 3 fully saturated rings. The maximum atomic E-state index is 13.6. The summed E-state index contributed by atoms with van der Waals surface area (Å²) < 4.78 is 6.39. The van der Waals surface area contributed by atoms with Gasteiger partial charge in [-0.15, -0.1) is 0 Å². The fraction of sp³-hybridized carbons (Fsp3) is 0.786. The summed E-state index contributed by atoms with van der Waals surface area (Å²) in [6.07, 6.45) is 11.5. The molecule has 3 saturated carbocycles. The molecule has 0 amide bonds. The van der Waals surface area contributed by atoms with E-state index in [1.807, 2.05) is 6.08 Å². The topological polar surface area (TPSA) is 43.4 Å². The SMILES string of the molecule is C[C@@H]1C[C@H]2[C@@H]3CCC4=CC(=O)C=C[C@]4(C)[C@H]3CC[C@]2(C)[C@H]1C(=O)CO[Si](C)(C)C(C)(C)C. The molecule has 0 aromatic heterocycles. The van der Waals surface area contributed by atoms with Crippen LogP contribution in [0.4, 0.5) is 0 Å². The summed E-state index contributed by atoms with van der Waals surface area (Å²) in [7, 11) is -1.93. The molecule has 0 radical (unpaired) electrons. The van der Waals surface area contributed by atoms with Gasteiger partial charge in [0.2, 0.25) is 0 Å². The lowest BCUT2D eigenvalue weighted by atomic mass is 9.47. The van der Waals surface area contributed by atoms with Crippen molar-refractivity contribution in [3.8, 4) is 0 Å². The highest BCUT2D eigenvalue weighted by molar-refractivity contribution is 6.74. The molecule has 0 spiro atoms. The average Bonchev–Trinajstić information content (AvgIpc) is 2.96. The van der Waals surface area contributed by atoms with Gasteiger partial charge in [-0.2, -0.15) is 0 Å². The van der Waals surface area contributed by atoms with Crippen LogP contribution in [-0.4, -0.2) is 26.5 Å². The molecule has 0 bridgehead atoms. The van der Waals surface area contributed by atoms with Crippen molar-refractivity contribution in [1.29, 1.82) is 0 Å².